The van der Waals surface area contributed by atoms with Crippen LogP contribution in [0.25, 0.3) is 21.4 Å². The zero-order chi connectivity index (χ0) is 21.3. The predicted molar refractivity (Wildman–Crippen MR) is 116 cm³/mol. The number of rotatable bonds is 7. The summed E-state index contributed by atoms with van der Waals surface area (Å²) in [6.45, 7) is 2.16. The summed E-state index contributed by atoms with van der Waals surface area (Å²) in [5.74, 6) is 0.365. The highest BCUT2D eigenvalue weighted by molar-refractivity contribution is 7.98. The first-order chi connectivity index (χ1) is 14.5. The summed E-state index contributed by atoms with van der Waals surface area (Å²) in [6, 6.07) is 1.74. The lowest BCUT2D eigenvalue weighted by molar-refractivity contribution is 0.0393. The van der Waals surface area contributed by atoms with E-state index in [1.54, 1.807) is 13.0 Å². The van der Waals surface area contributed by atoms with E-state index in [9.17, 15) is 9.59 Å². The Labute approximate surface area is 183 Å². The molecule has 0 radical (unpaired) electrons. The summed E-state index contributed by atoms with van der Waals surface area (Å²) in [5, 5.41) is 1.55. The van der Waals surface area contributed by atoms with Crippen molar-refractivity contribution in [2.24, 2.45) is 0 Å². The van der Waals surface area contributed by atoms with Gasteiger partial charge in [0.15, 0.2) is 10.8 Å². The normalized spacial score (nSPS) is 11.4. The second-order valence-corrected chi connectivity index (χ2v) is 8.63. The number of ether oxygens (including phenoxy) is 2. The highest BCUT2D eigenvalue weighted by Crippen LogP contribution is 2.29. The van der Waals surface area contributed by atoms with Crippen molar-refractivity contribution in [3.8, 4) is 0 Å². The smallest absolute Gasteiger partial charge is 0.348 e. The molecule has 0 aliphatic heterocycles. The molecule has 12 heteroatoms. The number of hydrogen-bond donors (Lipinski definition) is 2. The van der Waals surface area contributed by atoms with Crippen molar-refractivity contribution in [2.75, 3.05) is 20.3 Å². The van der Waals surface area contributed by atoms with Gasteiger partial charge in [0, 0.05) is 13.3 Å². The summed E-state index contributed by atoms with van der Waals surface area (Å²) >= 11 is 8.45. The fourth-order valence-corrected chi connectivity index (χ4v) is 4.79. The van der Waals surface area contributed by atoms with Crippen LogP contribution in [0.15, 0.2) is 22.2 Å². The topological polar surface area (TPSA) is 123 Å². The van der Waals surface area contributed by atoms with Crippen LogP contribution in [0.1, 0.15) is 21.1 Å². The molecule has 4 rings (SSSR count). The van der Waals surface area contributed by atoms with E-state index in [4.69, 9.17) is 21.1 Å². The zero-order valence-corrected chi connectivity index (χ0v) is 18.3. The lowest BCUT2D eigenvalue weighted by atomic mass is 10.2. The Morgan fingerprint density at radius 3 is 2.93 bits per heavy atom. The molecule has 0 bridgehead atoms. The number of halogens is 1. The zero-order valence-electron chi connectivity index (χ0n) is 15.9. The molecule has 0 atom stereocenters. The summed E-state index contributed by atoms with van der Waals surface area (Å²) in [6.07, 6.45) is 1.53. The molecule has 0 amide bonds. The molecule has 0 fully saturated rings. The first-order valence-electron chi connectivity index (χ1n) is 8.78. The van der Waals surface area contributed by atoms with Gasteiger partial charge >= 0.3 is 5.97 Å². The maximum Gasteiger partial charge on any atom is 0.348 e. The second-order valence-electron chi connectivity index (χ2n) is 6.23. The van der Waals surface area contributed by atoms with Crippen molar-refractivity contribution in [1.82, 2.24) is 24.9 Å². The SMILES string of the molecule is COCCOC(=O)c1sc2nc(CSc3nc4ncc(Cl)cc4[nH]3)[nH]c(=O)c2c1C. The lowest BCUT2D eigenvalue weighted by Crippen LogP contribution is -2.12. The molecular weight excluding hydrogens is 450 g/mol. The molecule has 0 aromatic carbocycles. The first-order valence-corrected chi connectivity index (χ1v) is 11.0. The van der Waals surface area contributed by atoms with Gasteiger partial charge in [0.05, 0.1) is 28.3 Å². The minimum Gasteiger partial charge on any atom is -0.459 e. The summed E-state index contributed by atoms with van der Waals surface area (Å²) < 4.78 is 10.0. The van der Waals surface area contributed by atoms with Gasteiger partial charge in [0.1, 0.15) is 22.1 Å². The maximum atomic E-state index is 12.6. The van der Waals surface area contributed by atoms with Gasteiger partial charge in [-0.05, 0) is 18.6 Å². The van der Waals surface area contributed by atoms with Crippen LogP contribution in [-0.4, -0.2) is 51.2 Å². The lowest BCUT2D eigenvalue weighted by Gasteiger charge is -2.02. The summed E-state index contributed by atoms with van der Waals surface area (Å²) in [7, 11) is 1.53. The Balaban J connectivity index is 1.56. The molecule has 0 saturated heterocycles. The van der Waals surface area contributed by atoms with Crippen LogP contribution in [0.3, 0.4) is 0 Å². The fraction of sp³-hybridized carbons (Fsp3) is 0.278. The van der Waals surface area contributed by atoms with Gasteiger partial charge in [0.25, 0.3) is 5.56 Å². The van der Waals surface area contributed by atoms with Crippen molar-refractivity contribution >= 4 is 62.0 Å². The Kier molecular flexibility index (Phi) is 6.04. The molecular formula is C18H16ClN5O4S2. The molecule has 2 N–H and O–H groups in total. The van der Waals surface area contributed by atoms with Gasteiger partial charge in [-0.3, -0.25) is 4.79 Å². The molecule has 30 heavy (non-hydrogen) atoms. The van der Waals surface area contributed by atoms with Crippen LogP contribution in [-0.2, 0) is 15.2 Å². The highest BCUT2D eigenvalue weighted by atomic mass is 35.5. The standard InChI is InChI=1S/C18H16ClN5O4S2/c1-8-12-15(25)22-11(23-16(12)30-13(8)17(26)28-4-3-27-2)7-29-18-21-10-5-9(19)6-20-14(10)24-18/h5-6H,3-4,7H2,1-2H3,(H,20,21,24)(H,22,23,25). The number of aromatic nitrogens is 5. The molecule has 0 unspecified atom stereocenters. The number of aromatic amines is 2. The van der Waals surface area contributed by atoms with E-state index in [2.05, 4.69) is 24.9 Å². The average Bonchev–Trinajstić information content (AvgIpc) is 3.27. The Morgan fingerprint density at radius 2 is 2.13 bits per heavy atom. The van der Waals surface area contributed by atoms with E-state index >= 15 is 0 Å². The van der Waals surface area contributed by atoms with E-state index in [1.165, 1.54) is 25.1 Å². The van der Waals surface area contributed by atoms with E-state index in [0.717, 1.165) is 16.9 Å². The molecule has 0 aliphatic rings. The molecule has 4 aromatic rings. The number of pyridine rings is 1. The van der Waals surface area contributed by atoms with Gasteiger partial charge < -0.3 is 19.4 Å². The number of carbonyl (C=O) groups is 1. The van der Waals surface area contributed by atoms with Crippen LogP contribution >= 0.6 is 34.7 Å². The number of aryl methyl sites for hydroxylation is 1. The molecule has 4 aromatic heterocycles. The highest BCUT2D eigenvalue weighted by Gasteiger charge is 2.20. The molecule has 0 aliphatic carbocycles. The third kappa shape index (κ3) is 4.19. The third-order valence-corrected chi connectivity index (χ3v) is 6.44. The average molecular weight is 466 g/mol. The second kappa shape index (κ2) is 8.72. The number of carbonyl (C=O) groups excluding carboxylic acids is 1. The number of thioether (sulfide) groups is 1. The van der Waals surface area contributed by atoms with Crippen LogP contribution in [0.2, 0.25) is 5.02 Å². The van der Waals surface area contributed by atoms with Gasteiger partial charge in [-0.1, -0.05) is 23.4 Å². The molecule has 4 heterocycles. The summed E-state index contributed by atoms with van der Waals surface area (Å²) in [4.78, 5) is 44.7. The van der Waals surface area contributed by atoms with E-state index in [0.29, 0.717) is 54.7 Å². The minimum absolute atomic E-state index is 0.145. The molecule has 156 valence electrons. The largest absolute Gasteiger partial charge is 0.459 e. The van der Waals surface area contributed by atoms with Crippen molar-refractivity contribution in [2.45, 2.75) is 17.8 Å². The van der Waals surface area contributed by atoms with Crippen LogP contribution < -0.4 is 5.56 Å². The minimum atomic E-state index is -0.490. The Morgan fingerprint density at radius 1 is 1.30 bits per heavy atom. The van der Waals surface area contributed by atoms with Crippen LogP contribution in [0, 0.1) is 6.92 Å². The molecule has 0 saturated carbocycles. The van der Waals surface area contributed by atoms with E-state index in [-0.39, 0.29) is 12.2 Å². The number of nitrogens with zero attached hydrogens (tertiary/aromatic N) is 3. The van der Waals surface area contributed by atoms with Gasteiger partial charge in [-0.25, -0.2) is 19.7 Å². The number of nitrogens with one attached hydrogen (secondary N) is 2. The maximum absolute atomic E-state index is 12.6. The first kappa shape index (κ1) is 20.8. The van der Waals surface area contributed by atoms with Crippen molar-refractivity contribution < 1.29 is 14.3 Å². The van der Waals surface area contributed by atoms with Crippen molar-refractivity contribution in [3.63, 3.8) is 0 Å². The number of fused-ring (bicyclic) bond motifs is 2. The monoisotopic (exact) mass is 465 g/mol. The van der Waals surface area contributed by atoms with Crippen molar-refractivity contribution in [1.29, 1.82) is 0 Å². The van der Waals surface area contributed by atoms with Gasteiger partial charge in [-0.15, -0.1) is 11.3 Å². The van der Waals surface area contributed by atoms with Crippen LogP contribution in [0.5, 0.6) is 0 Å². The van der Waals surface area contributed by atoms with Crippen molar-refractivity contribution in [3.05, 3.63) is 43.9 Å². The van der Waals surface area contributed by atoms with Gasteiger partial charge in [-0.2, -0.15) is 0 Å². The number of methoxy groups -OCH3 is 1. The Bertz CT molecular complexity index is 1300. The van der Waals surface area contributed by atoms with Gasteiger partial charge in [0.2, 0.25) is 0 Å². The Hall–Kier alpha value is -2.47. The van der Waals surface area contributed by atoms with Crippen LogP contribution in [0.4, 0.5) is 0 Å². The molecule has 0 spiro atoms. The number of imidazole rings is 1. The number of thiophene rings is 1. The number of esters is 1. The summed E-state index contributed by atoms with van der Waals surface area (Å²) in [5.41, 5.74) is 1.56. The quantitative estimate of drug-likeness (QED) is 0.242. The molecule has 9 nitrogen and oxygen atoms in total. The third-order valence-electron chi connectivity index (χ3n) is 4.18. The predicted octanol–water partition coefficient (Wildman–Crippen LogP) is 3.31. The number of H-pyrrole nitrogens is 2. The number of hydrogen-bond acceptors (Lipinski definition) is 9. The fourth-order valence-electron chi connectivity index (χ4n) is 2.79. The van der Waals surface area contributed by atoms with E-state index < -0.39 is 5.97 Å². The van der Waals surface area contributed by atoms with E-state index in [1.807, 2.05) is 0 Å².